The van der Waals surface area contributed by atoms with E-state index in [0.717, 1.165) is 16.7 Å². The minimum atomic E-state index is -0.983. The maximum atomic E-state index is 11.0. The zero-order valence-corrected chi connectivity index (χ0v) is 17.9. The van der Waals surface area contributed by atoms with E-state index in [-0.39, 0.29) is 17.9 Å². The summed E-state index contributed by atoms with van der Waals surface area (Å²) in [5.74, 6) is 0.0947. The topological polar surface area (TPSA) is 111 Å². The molecule has 3 aromatic rings. The van der Waals surface area contributed by atoms with Crippen molar-refractivity contribution in [2.45, 2.75) is 13.0 Å². The Balaban J connectivity index is 1.83. The van der Waals surface area contributed by atoms with Gasteiger partial charge >= 0.3 is 5.97 Å². The predicted octanol–water partition coefficient (Wildman–Crippen LogP) is 5.36. The van der Waals surface area contributed by atoms with E-state index in [1.807, 2.05) is 6.07 Å². The fourth-order valence-corrected chi connectivity index (χ4v) is 3.09. The molecule has 33 heavy (non-hydrogen) atoms. The molecule has 0 bridgehead atoms. The number of aliphatic imine (C=N–C) groups is 1. The van der Waals surface area contributed by atoms with Crippen LogP contribution in [0.4, 0.5) is 11.4 Å². The van der Waals surface area contributed by atoms with Gasteiger partial charge in [-0.1, -0.05) is 18.2 Å². The van der Waals surface area contributed by atoms with Crippen molar-refractivity contribution in [3.8, 4) is 11.5 Å². The van der Waals surface area contributed by atoms with Crippen LogP contribution in [0, 0.1) is 10.1 Å². The second-order valence-corrected chi connectivity index (χ2v) is 7.03. The van der Waals surface area contributed by atoms with Gasteiger partial charge in [-0.15, -0.1) is 6.58 Å². The molecule has 1 N–H and O–H groups in total. The number of carboxylic acids is 1. The van der Waals surface area contributed by atoms with E-state index >= 15 is 0 Å². The number of non-ortho nitro benzene ring substituents is 1. The van der Waals surface area contributed by atoms with E-state index in [9.17, 15) is 14.9 Å². The highest BCUT2D eigenvalue weighted by molar-refractivity contribution is 5.87. The maximum absolute atomic E-state index is 11.0. The van der Waals surface area contributed by atoms with Crippen molar-refractivity contribution >= 4 is 23.6 Å². The van der Waals surface area contributed by atoms with Crippen LogP contribution in [0.5, 0.6) is 11.5 Å². The third-order valence-corrected chi connectivity index (χ3v) is 4.75. The molecule has 0 aromatic heterocycles. The normalized spacial score (nSPS) is 10.7. The lowest BCUT2D eigenvalue weighted by Crippen LogP contribution is -2.03. The van der Waals surface area contributed by atoms with Crippen molar-refractivity contribution in [2.24, 2.45) is 4.99 Å². The number of hydrogen-bond donors (Lipinski definition) is 1. The highest BCUT2D eigenvalue weighted by atomic mass is 16.6. The Bertz CT molecular complexity index is 1180. The summed E-state index contributed by atoms with van der Waals surface area (Å²) in [6, 6.07) is 16.1. The van der Waals surface area contributed by atoms with Crippen molar-refractivity contribution in [1.29, 1.82) is 0 Å². The van der Waals surface area contributed by atoms with Crippen molar-refractivity contribution in [1.82, 2.24) is 0 Å². The van der Waals surface area contributed by atoms with Crippen LogP contribution >= 0.6 is 0 Å². The lowest BCUT2D eigenvalue weighted by Gasteiger charge is -2.16. The maximum Gasteiger partial charge on any atom is 0.335 e. The van der Waals surface area contributed by atoms with Crippen LogP contribution < -0.4 is 9.47 Å². The number of hydrogen-bond acceptors (Lipinski definition) is 6. The molecule has 8 heteroatoms. The van der Waals surface area contributed by atoms with Crippen LogP contribution in [0.1, 0.15) is 27.0 Å². The van der Waals surface area contributed by atoms with E-state index in [1.54, 1.807) is 49.7 Å². The average Bonchev–Trinajstić information content (AvgIpc) is 2.82. The number of aromatic carboxylic acids is 1. The standard InChI is InChI=1S/C25H22N2O6/c1-3-4-20-13-18(15-26-21-9-11-22(12-10-21)27(30)31)14-23(32-2)24(20)33-16-17-5-7-19(8-6-17)25(28)29/h3,5-15H,1,4,16H2,2H3,(H,28,29). The Kier molecular flexibility index (Phi) is 7.54. The molecule has 0 radical (unpaired) electrons. The average molecular weight is 446 g/mol. The molecule has 3 rings (SSSR count). The van der Waals surface area contributed by atoms with Gasteiger partial charge in [-0.05, 0) is 53.9 Å². The van der Waals surface area contributed by atoms with Crippen LogP contribution in [0.15, 0.2) is 78.3 Å². The predicted molar refractivity (Wildman–Crippen MR) is 125 cm³/mol. The zero-order chi connectivity index (χ0) is 23.8. The lowest BCUT2D eigenvalue weighted by molar-refractivity contribution is -0.384. The minimum Gasteiger partial charge on any atom is -0.493 e. The molecular formula is C25H22N2O6. The third-order valence-electron chi connectivity index (χ3n) is 4.75. The van der Waals surface area contributed by atoms with Gasteiger partial charge in [-0.2, -0.15) is 0 Å². The molecule has 0 spiro atoms. The molecule has 0 aliphatic rings. The van der Waals surface area contributed by atoms with E-state index < -0.39 is 10.9 Å². The van der Waals surface area contributed by atoms with Crippen LogP contribution in [-0.4, -0.2) is 29.3 Å². The molecule has 0 atom stereocenters. The number of nitro groups is 1. The number of methoxy groups -OCH3 is 1. The van der Waals surface area contributed by atoms with Gasteiger partial charge in [0.2, 0.25) is 0 Å². The molecule has 0 unspecified atom stereocenters. The van der Waals surface area contributed by atoms with Gasteiger partial charge in [0.05, 0.1) is 23.3 Å². The van der Waals surface area contributed by atoms with E-state index in [0.29, 0.717) is 23.6 Å². The first-order chi connectivity index (χ1) is 15.9. The Morgan fingerprint density at radius 3 is 2.42 bits per heavy atom. The number of carbonyl (C=O) groups is 1. The molecule has 0 amide bonds. The molecule has 0 saturated heterocycles. The van der Waals surface area contributed by atoms with Crippen molar-refractivity contribution in [3.63, 3.8) is 0 Å². The van der Waals surface area contributed by atoms with Crippen LogP contribution in [0.2, 0.25) is 0 Å². The summed E-state index contributed by atoms with van der Waals surface area (Å²) in [6.07, 6.45) is 3.92. The summed E-state index contributed by atoms with van der Waals surface area (Å²) in [5, 5.41) is 19.8. The van der Waals surface area contributed by atoms with Gasteiger partial charge in [0.25, 0.3) is 5.69 Å². The molecule has 0 aliphatic heterocycles. The number of ether oxygens (including phenoxy) is 2. The number of nitro benzene ring substituents is 1. The molecule has 3 aromatic carbocycles. The SMILES string of the molecule is C=CCc1cc(C=Nc2ccc([N+](=O)[O-])cc2)cc(OC)c1OCc1ccc(C(=O)O)cc1. The Hall–Kier alpha value is -4.46. The summed E-state index contributed by atoms with van der Waals surface area (Å²) in [5.41, 5.74) is 3.21. The molecule has 0 fully saturated rings. The summed E-state index contributed by atoms with van der Waals surface area (Å²) >= 11 is 0. The first-order valence-electron chi connectivity index (χ1n) is 9.96. The number of allylic oxidation sites excluding steroid dienone is 1. The largest absolute Gasteiger partial charge is 0.493 e. The monoisotopic (exact) mass is 446 g/mol. The molecular weight excluding hydrogens is 424 g/mol. The molecule has 0 heterocycles. The molecule has 8 nitrogen and oxygen atoms in total. The first-order valence-corrected chi connectivity index (χ1v) is 9.96. The quantitative estimate of drug-likeness (QED) is 0.194. The van der Waals surface area contributed by atoms with Gasteiger partial charge in [-0.25, -0.2) is 4.79 Å². The fraction of sp³-hybridized carbons (Fsp3) is 0.120. The second-order valence-electron chi connectivity index (χ2n) is 7.03. The minimum absolute atomic E-state index is 0.00277. The second kappa shape index (κ2) is 10.7. The summed E-state index contributed by atoms with van der Waals surface area (Å²) in [6.45, 7) is 4.03. The highest BCUT2D eigenvalue weighted by Gasteiger charge is 2.13. The van der Waals surface area contributed by atoms with Gasteiger partial charge in [0.15, 0.2) is 11.5 Å². The fourth-order valence-electron chi connectivity index (χ4n) is 3.09. The Labute approximate surface area is 190 Å². The van der Waals surface area contributed by atoms with Crippen molar-refractivity contribution in [3.05, 3.63) is 106 Å². The lowest BCUT2D eigenvalue weighted by atomic mass is 10.1. The summed E-state index contributed by atoms with van der Waals surface area (Å²) in [7, 11) is 1.54. The molecule has 0 aliphatic carbocycles. The number of carboxylic acid groups (broad SMARTS) is 1. The van der Waals surface area contributed by atoms with Gasteiger partial charge in [0, 0.05) is 23.9 Å². The number of rotatable bonds is 10. The molecule has 168 valence electrons. The Morgan fingerprint density at radius 1 is 1.15 bits per heavy atom. The van der Waals surface area contributed by atoms with Crippen LogP contribution in [0.25, 0.3) is 0 Å². The van der Waals surface area contributed by atoms with Gasteiger partial charge < -0.3 is 14.6 Å². The summed E-state index contributed by atoms with van der Waals surface area (Å²) in [4.78, 5) is 25.7. The highest BCUT2D eigenvalue weighted by Crippen LogP contribution is 2.34. The van der Waals surface area contributed by atoms with Crippen LogP contribution in [0.3, 0.4) is 0 Å². The van der Waals surface area contributed by atoms with Crippen molar-refractivity contribution in [2.75, 3.05) is 7.11 Å². The smallest absolute Gasteiger partial charge is 0.335 e. The first kappa shape index (κ1) is 23.2. The number of nitrogens with zero attached hydrogens (tertiary/aromatic N) is 2. The Morgan fingerprint density at radius 2 is 1.85 bits per heavy atom. The van der Waals surface area contributed by atoms with Gasteiger partial charge in [-0.3, -0.25) is 15.1 Å². The number of benzene rings is 3. The van der Waals surface area contributed by atoms with Gasteiger partial charge in [0.1, 0.15) is 6.61 Å². The van der Waals surface area contributed by atoms with E-state index in [4.69, 9.17) is 14.6 Å². The van der Waals surface area contributed by atoms with Crippen molar-refractivity contribution < 1.29 is 24.3 Å². The third kappa shape index (κ3) is 6.04. The van der Waals surface area contributed by atoms with E-state index in [2.05, 4.69) is 11.6 Å². The molecule has 0 saturated carbocycles. The summed E-state index contributed by atoms with van der Waals surface area (Å²) < 4.78 is 11.6. The van der Waals surface area contributed by atoms with E-state index in [1.165, 1.54) is 24.3 Å². The van der Waals surface area contributed by atoms with Crippen LogP contribution in [-0.2, 0) is 13.0 Å². The zero-order valence-electron chi connectivity index (χ0n) is 17.9.